The predicted molar refractivity (Wildman–Crippen MR) is 90.3 cm³/mol. The Hall–Kier alpha value is -2.41. The van der Waals surface area contributed by atoms with E-state index in [1.165, 1.54) is 0 Å². The van der Waals surface area contributed by atoms with Gasteiger partial charge in [-0.1, -0.05) is 12.1 Å². The van der Waals surface area contributed by atoms with Crippen LogP contribution < -0.4 is 10.2 Å². The molecule has 2 unspecified atom stereocenters. The van der Waals surface area contributed by atoms with Crippen LogP contribution in [0.1, 0.15) is 24.0 Å². The molecule has 0 bridgehead atoms. The first-order valence-corrected chi connectivity index (χ1v) is 8.34. The minimum Gasteiger partial charge on any atom is -0.479 e. The van der Waals surface area contributed by atoms with Crippen molar-refractivity contribution < 1.29 is 24.2 Å². The van der Waals surface area contributed by atoms with Gasteiger partial charge in [-0.15, -0.1) is 0 Å². The van der Waals surface area contributed by atoms with Crippen molar-refractivity contribution in [2.24, 2.45) is 5.92 Å². The SMILES string of the molecule is Cc1cccc(N2CC(C(=O)NC3(C(=O)O)CCOC3)CC2=O)c1C. The Labute approximate surface area is 146 Å². The highest BCUT2D eigenvalue weighted by atomic mass is 16.5. The molecule has 2 saturated heterocycles. The van der Waals surface area contributed by atoms with Gasteiger partial charge in [0, 0.05) is 31.7 Å². The minimum atomic E-state index is -1.38. The molecule has 2 aliphatic rings. The number of ether oxygens (including phenoxy) is 1. The quantitative estimate of drug-likeness (QED) is 0.848. The molecule has 2 atom stereocenters. The highest BCUT2D eigenvalue weighted by Crippen LogP contribution is 2.30. The highest BCUT2D eigenvalue weighted by molar-refractivity contribution is 6.01. The number of carboxylic acid groups (broad SMARTS) is 1. The first-order valence-electron chi connectivity index (χ1n) is 8.34. The van der Waals surface area contributed by atoms with Crippen LogP contribution in [-0.2, 0) is 19.1 Å². The third-order valence-electron chi connectivity index (χ3n) is 5.16. The van der Waals surface area contributed by atoms with Crippen molar-refractivity contribution in [3.63, 3.8) is 0 Å². The van der Waals surface area contributed by atoms with E-state index in [9.17, 15) is 19.5 Å². The van der Waals surface area contributed by atoms with Crippen molar-refractivity contribution in [2.45, 2.75) is 32.2 Å². The molecule has 3 rings (SSSR count). The summed E-state index contributed by atoms with van der Waals surface area (Å²) in [4.78, 5) is 38.1. The molecule has 0 radical (unpaired) electrons. The van der Waals surface area contributed by atoms with E-state index >= 15 is 0 Å². The number of nitrogens with one attached hydrogen (secondary N) is 1. The van der Waals surface area contributed by atoms with Crippen LogP contribution in [0.25, 0.3) is 0 Å². The molecule has 25 heavy (non-hydrogen) atoms. The number of nitrogens with zero attached hydrogens (tertiary/aromatic N) is 1. The Balaban J connectivity index is 1.75. The lowest BCUT2D eigenvalue weighted by Gasteiger charge is -2.25. The van der Waals surface area contributed by atoms with Gasteiger partial charge in [-0.2, -0.15) is 0 Å². The van der Waals surface area contributed by atoms with Crippen LogP contribution in [0.15, 0.2) is 18.2 Å². The maximum absolute atomic E-state index is 12.6. The van der Waals surface area contributed by atoms with E-state index in [2.05, 4.69) is 5.32 Å². The molecule has 2 fully saturated rings. The summed E-state index contributed by atoms with van der Waals surface area (Å²) in [6.07, 6.45) is 0.311. The van der Waals surface area contributed by atoms with Crippen LogP contribution in [0.5, 0.6) is 0 Å². The lowest BCUT2D eigenvalue weighted by atomic mass is 9.97. The summed E-state index contributed by atoms with van der Waals surface area (Å²) in [7, 11) is 0. The van der Waals surface area contributed by atoms with E-state index < -0.39 is 23.3 Å². The maximum Gasteiger partial charge on any atom is 0.331 e. The molecule has 1 aromatic carbocycles. The van der Waals surface area contributed by atoms with Gasteiger partial charge in [0.05, 0.1) is 12.5 Å². The molecule has 0 aliphatic carbocycles. The summed E-state index contributed by atoms with van der Waals surface area (Å²) in [5.41, 5.74) is 1.50. The van der Waals surface area contributed by atoms with Crippen LogP contribution >= 0.6 is 0 Å². The number of amides is 2. The number of carbonyl (C=O) groups is 3. The molecule has 1 aromatic rings. The van der Waals surface area contributed by atoms with Gasteiger partial charge in [0.15, 0.2) is 5.54 Å². The fourth-order valence-electron chi connectivity index (χ4n) is 3.37. The summed E-state index contributed by atoms with van der Waals surface area (Å²) in [6, 6.07) is 5.72. The van der Waals surface area contributed by atoms with E-state index in [-0.39, 0.29) is 31.9 Å². The Morgan fingerprint density at radius 2 is 2.12 bits per heavy atom. The second-order valence-corrected chi connectivity index (χ2v) is 6.80. The topological polar surface area (TPSA) is 95.9 Å². The summed E-state index contributed by atoms with van der Waals surface area (Å²) in [5.74, 6) is -2.20. The Bertz CT molecular complexity index is 724. The first-order chi connectivity index (χ1) is 11.8. The zero-order valence-electron chi connectivity index (χ0n) is 14.4. The summed E-state index contributed by atoms with van der Waals surface area (Å²) in [5, 5.41) is 12.0. The minimum absolute atomic E-state index is 0.0462. The number of hydrogen-bond donors (Lipinski definition) is 2. The number of carbonyl (C=O) groups excluding carboxylic acids is 2. The van der Waals surface area contributed by atoms with E-state index in [0.717, 1.165) is 16.8 Å². The lowest BCUT2D eigenvalue weighted by Crippen LogP contribution is -2.56. The molecule has 2 heterocycles. The molecule has 7 heteroatoms. The second kappa shape index (κ2) is 6.48. The third-order valence-corrected chi connectivity index (χ3v) is 5.16. The Morgan fingerprint density at radius 1 is 1.36 bits per heavy atom. The summed E-state index contributed by atoms with van der Waals surface area (Å²) in [6.45, 7) is 4.42. The molecule has 2 amide bonds. The summed E-state index contributed by atoms with van der Waals surface area (Å²) < 4.78 is 5.15. The van der Waals surface area contributed by atoms with Gasteiger partial charge in [0.25, 0.3) is 0 Å². The van der Waals surface area contributed by atoms with Crippen molar-refractivity contribution in [3.05, 3.63) is 29.3 Å². The van der Waals surface area contributed by atoms with Gasteiger partial charge < -0.3 is 20.1 Å². The third kappa shape index (κ3) is 3.11. The van der Waals surface area contributed by atoms with Gasteiger partial charge in [-0.05, 0) is 31.0 Å². The average molecular weight is 346 g/mol. The van der Waals surface area contributed by atoms with Gasteiger partial charge in [-0.3, -0.25) is 9.59 Å². The second-order valence-electron chi connectivity index (χ2n) is 6.80. The fourth-order valence-corrected chi connectivity index (χ4v) is 3.37. The molecule has 0 saturated carbocycles. The molecule has 0 spiro atoms. The van der Waals surface area contributed by atoms with Crippen LogP contribution in [0.3, 0.4) is 0 Å². The van der Waals surface area contributed by atoms with Crippen molar-refractivity contribution in [1.29, 1.82) is 0 Å². The number of carboxylic acids is 1. The van der Waals surface area contributed by atoms with E-state index in [0.29, 0.717) is 6.61 Å². The monoisotopic (exact) mass is 346 g/mol. The molecular formula is C18H22N2O5. The molecule has 0 aromatic heterocycles. The normalized spacial score (nSPS) is 26.1. The number of rotatable bonds is 4. The number of aryl methyl sites for hydroxylation is 1. The van der Waals surface area contributed by atoms with Crippen LogP contribution in [0.4, 0.5) is 5.69 Å². The van der Waals surface area contributed by atoms with E-state index in [4.69, 9.17) is 4.74 Å². The number of benzene rings is 1. The van der Waals surface area contributed by atoms with Crippen molar-refractivity contribution in [1.82, 2.24) is 5.32 Å². The van der Waals surface area contributed by atoms with Crippen molar-refractivity contribution in [2.75, 3.05) is 24.7 Å². The standard InChI is InChI=1S/C18H22N2O5/c1-11-4-3-5-14(12(11)2)20-9-13(8-15(20)21)16(22)19-18(17(23)24)6-7-25-10-18/h3-5,13H,6-10H2,1-2H3,(H,19,22)(H,23,24). The van der Waals surface area contributed by atoms with E-state index in [1.807, 2.05) is 32.0 Å². The van der Waals surface area contributed by atoms with Crippen molar-refractivity contribution >= 4 is 23.5 Å². The van der Waals surface area contributed by atoms with Crippen LogP contribution in [-0.4, -0.2) is 48.2 Å². The molecule has 2 aliphatic heterocycles. The van der Waals surface area contributed by atoms with Gasteiger partial charge in [0.1, 0.15) is 0 Å². The Morgan fingerprint density at radius 3 is 2.76 bits per heavy atom. The number of hydrogen-bond acceptors (Lipinski definition) is 4. The smallest absolute Gasteiger partial charge is 0.331 e. The highest BCUT2D eigenvalue weighted by Gasteiger charge is 2.46. The molecular weight excluding hydrogens is 324 g/mol. The van der Waals surface area contributed by atoms with Crippen molar-refractivity contribution in [3.8, 4) is 0 Å². The first kappa shape index (κ1) is 17.4. The number of aliphatic carboxylic acids is 1. The zero-order chi connectivity index (χ0) is 18.2. The zero-order valence-corrected chi connectivity index (χ0v) is 14.4. The van der Waals surface area contributed by atoms with Gasteiger partial charge >= 0.3 is 5.97 Å². The van der Waals surface area contributed by atoms with E-state index in [1.54, 1.807) is 4.90 Å². The maximum atomic E-state index is 12.6. The van der Waals surface area contributed by atoms with Crippen LogP contribution in [0, 0.1) is 19.8 Å². The Kier molecular flexibility index (Phi) is 4.51. The molecule has 2 N–H and O–H groups in total. The molecule has 134 valence electrons. The lowest BCUT2D eigenvalue weighted by molar-refractivity contribution is -0.148. The number of anilines is 1. The summed E-state index contributed by atoms with van der Waals surface area (Å²) >= 11 is 0. The van der Waals surface area contributed by atoms with Crippen LogP contribution in [0.2, 0.25) is 0 Å². The van der Waals surface area contributed by atoms with Gasteiger partial charge in [0.2, 0.25) is 11.8 Å². The average Bonchev–Trinajstić information content (AvgIpc) is 3.18. The molecule has 7 nitrogen and oxygen atoms in total. The largest absolute Gasteiger partial charge is 0.479 e. The fraction of sp³-hybridized carbons (Fsp3) is 0.500. The predicted octanol–water partition coefficient (Wildman–Crippen LogP) is 1.02. The van der Waals surface area contributed by atoms with Gasteiger partial charge in [-0.25, -0.2) is 4.79 Å².